The Hall–Kier alpha value is -3.64. The van der Waals surface area contributed by atoms with Crippen molar-refractivity contribution in [1.82, 2.24) is 10.2 Å². The number of rotatable bonds is 9. The molecule has 9 nitrogen and oxygen atoms in total. The van der Waals surface area contributed by atoms with Crippen molar-refractivity contribution in [2.24, 2.45) is 10.9 Å². The molecule has 44 heavy (non-hydrogen) atoms. The fraction of sp³-hybridized carbons (Fsp3) is 0.484. The van der Waals surface area contributed by atoms with Gasteiger partial charge in [0.25, 0.3) is 5.91 Å². The van der Waals surface area contributed by atoms with Crippen LogP contribution in [0.25, 0.3) is 0 Å². The number of piperidine rings is 1. The third-order valence-corrected chi connectivity index (χ3v) is 8.29. The van der Waals surface area contributed by atoms with Gasteiger partial charge in [-0.1, -0.05) is 41.9 Å². The molecule has 2 fully saturated rings. The van der Waals surface area contributed by atoms with E-state index in [1.807, 2.05) is 6.07 Å². The van der Waals surface area contributed by atoms with Crippen LogP contribution in [0.15, 0.2) is 47.5 Å². The molecule has 2 aromatic carbocycles. The SMILES string of the molecule is CN1C(=O)[C@H](NC(=O)[C@H](CCC(F)(F)F)CC(=O)N2CCCCC2)N=C(c2ccccc2)c2cc(Cl)c(OC3COC3)cc21. The van der Waals surface area contributed by atoms with Crippen molar-refractivity contribution in [2.75, 3.05) is 38.3 Å². The molecule has 5 rings (SSSR count). The summed E-state index contributed by atoms with van der Waals surface area (Å²) in [6, 6.07) is 12.2. The molecule has 0 aliphatic carbocycles. The number of carbonyl (C=O) groups is 3. The molecule has 0 unspecified atom stereocenters. The van der Waals surface area contributed by atoms with Gasteiger partial charge in [-0.25, -0.2) is 4.99 Å². The number of nitrogens with one attached hydrogen (secondary N) is 1. The van der Waals surface area contributed by atoms with Crippen molar-refractivity contribution in [3.05, 3.63) is 58.6 Å². The highest BCUT2D eigenvalue weighted by atomic mass is 35.5. The van der Waals surface area contributed by atoms with Gasteiger partial charge in [-0.15, -0.1) is 0 Å². The topological polar surface area (TPSA) is 101 Å². The lowest BCUT2D eigenvalue weighted by atomic mass is 9.96. The predicted molar refractivity (Wildman–Crippen MR) is 158 cm³/mol. The molecule has 3 aliphatic heterocycles. The summed E-state index contributed by atoms with van der Waals surface area (Å²) in [5, 5.41) is 2.84. The lowest BCUT2D eigenvalue weighted by Gasteiger charge is -2.29. The first-order valence-electron chi connectivity index (χ1n) is 14.6. The Morgan fingerprint density at radius 3 is 2.48 bits per heavy atom. The lowest BCUT2D eigenvalue weighted by molar-refractivity contribution is -0.146. The third kappa shape index (κ3) is 7.52. The quantitative estimate of drug-likeness (QED) is 0.430. The lowest BCUT2D eigenvalue weighted by Crippen LogP contribution is -2.48. The minimum absolute atomic E-state index is 0.187. The molecule has 2 aromatic rings. The molecule has 2 atom stereocenters. The second-order valence-corrected chi connectivity index (χ2v) is 11.6. The number of nitrogens with zero attached hydrogens (tertiary/aromatic N) is 3. The molecule has 0 saturated carbocycles. The number of anilines is 1. The molecular formula is C31H34ClF3N4O5. The Balaban J connectivity index is 1.45. The van der Waals surface area contributed by atoms with Crippen LogP contribution < -0.4 is 15.0 Å². The van der Waals surface area contributed by atoms with Crippen LogP contribution in [0.4, 0.5) is 18.9 Å². The summed E-state index contributed by atoms with van der Waals surface area (Å²) in [7, 11) is 1.51. The van der Waals surface area contributed by atoms with Crippen LogP contribution in [0.5, 0.6) is 5.75 Å². The molecule has 0 spiro atoms. The average Bonchev–Trinajstić information content (AvgIpc) is 3.07. The zero-order valence-electron chi connectivity index (χ0n) is 24.2. The van der Waals surface area contributed by atoms with Crippen LogP contribution in [-0.2, 0) is 19.1 Å². The standard InChI is InChI=1S/C31H34ClF3N4O5/c1-38-24-16-25(44-21-17-43-18-21)23(32)15-22(24)27(19-8-4-2-5-9-19)36-28(30(38)42)37-29(41)20(10-11-31(33,34)35)14-26(40)39-12-6-3-7-13-39/h2,4-5,8-9,15-16,20-21,28H,3,6-7,10-14,17-18H2,1H3,(H,37,41)/t20-,28+/m1/s1. The number of alkyl halides is 3. The number of aliphatic imine (C=N–C) groups is 1. The first kappa shape index (κ1) is 31.8. The van der Waals surface area contributed by atoms with Gasteiger partial charge >= 0.3 is 6.18 Å². The third-order valence-electron chi connectivity index (χ3n) is 7.99. The van der Waals surface area contributed by atoms with E-state index in [1.165, 1.54) is 11.9 Å². The molecule has 0 aromatic heterocycles. The van der Waals surface area contributed by atoms with E-state index in [1.54, 1.807) is 41.3 Å². The molecule has 236 valence electrons. The van der Waals surface area contributed by atoms with E-state index >= 15 is 0 Å². The molecule has 3 aliphatic rings. The summed E-state index contributed by atoms with van der Waals surface area (Å²) in [5.74, 6) is -2.81. The van der Waals surface area contributed by atoms with Crippen LogP contribution in [0.1, 0.15) is 49.7 Å². The predicted octanol–water partition coefficient (Wildman–Crippen LogP) is 4.74. The maximum Gasteiger partial charge on any atom is 0.389 e. The number of fused-ring (bicyclic) bond motifs is 1. The molecule has 3 amide bonds. The Morgan fingerprint density at radius 1 is 1.14 bits per heavy atom. The summed E-state index contributed by atoms with van der Waals surface area (Å²) in [6.07, 6.45) is -5.84. The smallest absolute Gasteiger partial charge is 0.389 e. The molecule has 3 heterocycles. The summed E-state index contributed by atoms with van der Waals surface area (Å²) in [6.45, 7) is 1.82. The zero-order valence-corrected chi connectivity index (χ0v) is 25.0. The molecule has 2 saturated heterocycles. The normalized spacial score (nSPS) is 19.8. The van der Waals surface area contributed by atoms with Crippen LogP contribution in [0.2, 0.25) is 5.02 Å². The minimum atomic E-state index is -4.52. The fourth-order valence-corrected chi connectivity index (χ4v) is 5.65. The van der Waals surface area contributed by atoms with E-state index < -0.39 is 49.3 Å². The van der Waals surface area contributed by atoms with E-state index in [0.29, 0.717) is 54.6 Å². The van der Waals surface area contributed by atoms with Crippen molar-refractivity contribution in [3.63, 3.8) is 0 Å². The number of likely N-dealkylation sites (N-methyl/N-ethyl adjacent to an activating group) is 1. The van der Waals surface area contributed by atoms with E-state index in [-0.39, 0.29) is 17.0 Å². The second-order valence-electron chi connectivity index (χ2n) is 11.2. The van der Waals surface area contributed by atoms with E-state index in [0.717, 1.165) is 19.3 Å². The molecule has 0 radical (unpaired) electrons. The van der Waals surface area contributed by atoms with Crippen molar-refractivity contribution in [3.8, 4) is 5.75 Å². The van der Waals surface area contributed by atoms with Gasteiger partial charge in [0.2, 0.25) is 18.0 Å². The van der Waals surface area contributed by atoms with Gasteiger partial charge in [0.1, 0.15) is 11.9 Å². The Bertz CT molecular complexity index is 1410. The van der Waals surface area contributed by atoms with Crippen LogP contribution in [0.3, 0.4) is 0 Å². The van der Waals surface area contributed by atoms with Gasteiger partial charge in [-0.3, -0.25) is 14.4 Å². The number of benzodiazepines with no additional fused rings is 1. The van der Waals surface area contributed by atoms with Gasteiger partial charge in [0.15, 0.2) is 0 Å². The van der Waals surface area contributed by atoms with Crippen molar-refractivity contribution in [2.45, 2.75) is 57.0 Å². The average molecular weight is 635 g/mol. The summed E-state index contributed by atoms with van der Waals surface area (Å²) in [5.41, 5.74) is 1.89. The summed E-state index contributed by atoms with van der Waals surface area (Å²) >= 11 is 6.60. The first-order chi connectivity index (χ1) is 21.0. The van der Waals surface area contributed by atoms with Crippen LogP contribution in [0, 0.1) is 5.92 Å². The van der Waals surface area contributed by atoms with Crippen molar-refractivity contribution in [1.29, 1.82) is 0 Å². The Kier molecular flexibility index (Phi) is 9.79. The number of ether oxygens (including phenoxy) is 2. The first-order valence-corrected chi connectivity index (χ1v) is 15.0. The number of carbonyl (C=O) groups excluding carboxylic acids is 3. The van der Waals surface area contributed by atoms with Crippen LogP contribution in [-0.4, -0.2) is 80.1 Å². The number of hydrogen-bond acceptors (Lipinski definition) is 6. The summed E-state index contributed by atoms with van der Waals surface area (Å²) in [4.78, 5) is 47.8. The van der Waals surface area contributed by atoms with Crippen molar-refractivity contribution >= 4 is 40.7 Å². The monoisotopic (exact) mass is 634 g/mol. The van der Waals surface area contributed by atoms with Gasteiger partial charge in [0, 0.05) is 56.1 Å². The van der Waals surface area contributed by atoms with Crippen LogP contribution >= 0.6 is 11.6 Å². The second kappa shape index (κ2) is 13.6. The maximum atomic E-state index is 13.8. The van der Waals surface area contributed by atoms with Gasteiger partial charge in [-0.2, -0.15) is 13.2 Å². The highest BCUT2D eigenvalue weighted by Gasteiger charge is 2.37. The minimum Gasteiger partial charge on any atom is -0.484 e. The molecular weight excluding hydrogens is 601 g/mol. The number of likely N-dealkylation sites (tertiary alicyclic amines) is 1. The van der Waals surface area contributed by atoms with Gasteiger partial charge in [0.05, 0.1) is 29.6 Å². The Labute approximate surface area is 258 Å². The largest absolute Gasteiger partial charge is 0.484 e. The van der Waals surface area contributed by atoms with Gasteiger partial charge < -0.3 is 24.6 Å². The van der Waals surface area contributed by atoms with E-state index in [2.05, 4.69) is 10.3 Å². The zero-order chi connectivity index (χ0) is 31.4. The Morgan fingerprint density at radius 2 is 1.84 bits per heavy atom. The van der Waals surface area contributed by atoms with E-state index in [4.69, 9.17) is 21.1 Å². The fourth-order valence-electron chi connectivity index (χ4n) is 5.44. The van der Waals surface area contributed by atoms with E-state index in [9.17, 15) is 27.6 Å². The number of amides is 3. The number of hydrogen-bond donors (Lipinski definition) is 1. The number of benzene rings is 2. The van der Waals surface area contributed by atoms with Gasteiger partial charge in [-0.05, 0) is 31.7 Å². The summed E-state index contributed by atoms with van der Waals surface area (Å²) < 4.78 is 50.8. The van der Waals surface area contributed by atoms with Crippen molar-refractivity contribution < 1.29 is 37.0 Å². The maximum absolute atomic E-state index is 13.8. The highest BCUT2D eigenvalue weighted by molar-refractivity contribution is 6.33. The molecule has 0 bridgehead atoms. The number of halogens is 4. The molecule has 13 heteroatoms. The molecule has 1 N–H and O–H groups in total. The highest BCUT2D eigenvalue weighted by Crippen LogP contribution is 2.37.